The number of anilines is 1. The van der Waals surface area contributed by atoms with Gasteiger partial charge in [-0.3, -0.25) is 0 Å². The zero-order valence-corrected chi connectivity index (χ0v) is 15.3. The summed E-state index contributed by atoms with van der Waals surface area (Å²) in [5, 5.41) is 9.11. The molecule has 3 heterocycles. The van der Waals surface area contributed by atoms with E-state index in [2.05, 4.69) is 33.4 Å². The summed E-state index contributed by atoms with van der Waals surface area (Å²) < 4.78 is 5.43. The SMILES string of the molecule is Cc1ccc(-c2cc(CNc3ncnc4sc(C)cc34)on2)c(Cl)c1. The number of benzene rings is 1. The third kappa shape index (κ3) is 3.23. The molecule has 1 aromatic carbocycles. The monoisotopic (exact) mass is 370 g/mol. The smallest absolute Gasteiger partial charge is 0.156 e. The van der Waals surface area contributed by atoms with Gasteiger partial charge >= 0.3 is 0 Å². The minimum atomic E-state index is 0.484. The second-order valence-corrected chi connectivity index (χ2v) is 7.46. The van der Waals surface area contributed by atoms with Crippen LogP contribution in [-0.4, -0.2) is 15.1 Å². The largest absolute Gasteiger partial charge is 0.362 e. The molecular formula is C18H15ClN4OS. The number of aromatic nitrogens is 3. The van der Waals surface area contributed by atoms with Crippen LogP contribution in [0.1, 0.15) is 16.2 Å². The Morgan fingerprint density at radius 1 is 1.16 bits per heavy atom. The maximum atomic E-state index is 6.30. The lowest BCUT2D eigenvalue weighted by atomic mass is 10.1. The first-order valence-corrected chi connectivity index (χ1v) is 8.97. The van der Waals surface area contributed by atoms with Crippen LogP contribution in [0.5, 0.6) is 0 Å². The molecule has 1 N–H and O–H groups in total. The second kappa shape index (κ2) is 6.46. The molecule has 0 radical (unpaired) electrons. The molecule has 7 heteroatoms. The first kappa shape index (κ1) is 16.1. The number of aryl methyl sites for hydroxylation is 2. The normalized spacial score (nSPS) is 11.2. The highest BCUT2D eigenvalue weighted by Crippen LogP contribution is 2.30. The van der Waals surface area contributed by atoms with Crippen molar-refractivity contribution in [2.45, 2.75) is 20.4 Å². The summed E-state index contributed by atoms with van der Waals surface area (Å²) in [5.74, 6) is 1.51. The van der Waals surface area contributed by atoms with Gasteiger partial charge in [0.1, 0.15) is 22.7 Å². The van der Waals surface area contributed by atoms with Crippen molar-refractivity contribution in [2.75, 3.05) is 5.32 Å². The van der Waals surface area contributed by atoms with Gasteiger partial charge in [0.15, 0.2) is 5.76 Å². The van der Waals surface area contributed by atoms with Gasteiger partial charge < -0.3 is 9.84 Å². The Morgan fingerprint density at radius 2 is 2.04 bits per heavy atom. The van der Waals surface area contributed by atoms with E-state index in [-0.39, 0.29) is 0 Å². The molecule has 0 aliphatic heterocycles. The Hall–Kier alpha value is -2.44. The number of hydrogen-bond donors (Lipinski definition) is 1. The molecule has 5 nitrogen and oxygen atoms in total. The molecule has 4 rings (SSSR count). The quantitative estimate of drug-likeness (QED) is 0.533. The molecule has 0 saturated heterocycles. The topological polar surface area (TPSA) is 63.8 Å². The second-order valence-electron chi connectivity index (χ2n) is 5.81. The van der Waals surface area contributed by atoms with Gasteiger partial charge in [-0.2, -0.15) is 0 Å². The Labute approximate surface area is 153 Å². The van der Waals surface area contributed by atoms with Gasteiger partial charge in [0.25, 0.3) is 0 Å². The summed E-state index contributed by atoms with van der Waals surface area (Å²) in [5.41, 5.74) is 2.69. The predicted octanol–water partition coefficient (Wildman–Crippen LogP) is 5.23. The molecule has 0 aliphatic rings. The van der Waals surface area contributed by atoms with E-state index in [0.717, 1.165) is 32.9 Å². The van der Waals surface area contributed by atoms with Gasteiger partial charge in [0.05, 0.1) is 17.0 Å². The fraction of sp³-hybridized carbons (Fsp3) is 0.167. The molecular weight excluding hydrogens is 356 g/mol. The van der Waals surface area contributed by atoms with E-state index < -0.39 is 0 Å². The van der Waals surface area contributed by atoms with Crippen LogP contribution in [0.2, 0.25) is 5.02 Å². The number of halogens is 1. The first-order chi connectivity index (χ1) is 12.1. The van der Waals surface area contributed by atoms with Crippen molar-refractivity contribution in [3.63, 3.8) is 0 Å². The van der Waals surface area contributed by atoms with Crippen molar-refractivity contribution < 1.29 is 4.52 Å². The summed E-state index contributed by atoms with van der Waals surface area (Å²) in [6, 6.07) is 9.85. The maximum Gasteiger partial charge on any atom is 0.156 e. The Morgan fingerprint density at radius 3 is 2.88 bits per heavy atom. The minimum absolute atomic E-state index is 0.484. The average Bonchev–Trinajstić information content (AvgIpc) is 3.18. The van der Waals surface area contributed by atoms with E-state index >= 15 is 0 Å². The molecule has 0 spiro atoms. The van der Waals surface area contributed by atoms with Gasteiger partial charge in [-0.25, -0.2) is 9.97 Å². The standard InChI is InChI=1S/C18H15ClN4OS/c1-10-3-4-13(15(19)5-10)16-7-12(24-23-16)8-20-17-14-6-11(2)25-18(14)22-9-21-17/h3-7,9H,8H2,1-2H3,(H,20,21,22). The van der Waals surface area contributed by atoms with E-state index in [1.54, 1.807) is 17.7 Å². The molecule has 0 amide bonds. The van der Waals surface area contributed by atoms with E-state index in [0.29, 0.717) is 17.3 Å². The van der Waals surface area contributed by atoms with Crippen LogP contribution in [0.15, 0.2) is 41.2 Å². The van der Waals surface area contributed by atoms with Crippen molar-refractivity contribution in [2.24, 2.45) is 0 Å². The van der Waals surface area contributed by atoms with Gasteiger partial charge in [-0.15, -0.1) is 11.3 Å². The lowest BCUT2D eigenvalue weighted by Gasteiger charge is -2.03. The number of nitrogens with zero attached hydrogens (tertiary/aromatic N) is 3. The Bertz CT molecular complexity index is 1060. The Balaban J connectivity index is 1.55. The molecule has 0 fully saturated rings. The summed E-state index contributed by atoms with van der Waals surface area (Å²) in [6.07, 6.45) is 1.57. The zero-order chi connectivity index (χ0) is 17.4. The van der Waals surface area contributed by atoms with Crippen molar-refractivity contribution in [1.29, 1.82) is 0 Å². The molecule has 3 aromatic heterocycles. The summed E-state index contributed by atoms with van der Waals surface area (Å²) in [6.45, 7) is 4.55. The van der Waals surface area contributed by atoms with Crippen molar-refractivity contribution in [1.82, 2.24) is 15.1 Å². The number of thiophene rings is 1. The number of rotatable bonds is 4. The third-order valence-corrected chi connectivity index (χ3v) is 5.11. The van der Waals surface area contributed by atoms with Crippen molar-refractivity contribution in [3.8, 4) is 11.3 Å². The first-order valence-electron chi connectivity index (χ1n) is 7.77. The van der Waals surface area contributed by atoms with E-state index in [4.69, 9.17) is 16.1 Å². The van der Waals surface area contributed by atoms with Gasteiger partial charge in [-0.05, 0) is 31.5 Å². The molecule has 0 saturated carbocycles. The van der Waals surface area contributed by atoms with E-state index in [1.165, 1.54) is 4.88 Å². The average molecular weight is 371 g/mol. The lowest BCUT2D eigenvalue weighted by molar-refractivity contribution is 0.390. The molecule has 0 aliphatic carbocycles. The molecule has 0 bridgehead atoms. The predicted molar refractivity (Wildman–Crippen MR) is 101 cm³/mol. The van der Waals surface area contributed by atoms with Crippen molar-refractivity contribution in [3.05, 3.63) is 57.9 Å². The van der Waals surface area contributed by atoms with Crippen LogP contribution in [0.4, 0.5) is 5.82 Å². The number of hydrogen-bond acceptors (Lipinski definition) is 6. The Kier molecular flexibility index (Phi) is 4.15. The van der Waals surface area contributed by atoms with Gasteiger partial charge in [-0.1, -0.05) is 28.9 Å². The minimum Gasteiger partial charge on any atom is -0.362 e. The molecule has 126 valence electrons. The highest BCUT2D eigenvalue weighted by atomic mass is 35.5. The number of nitrogens with one attached hydrogen (secondary N) is 1. The van der Waals surface area contributed by atoms with Gasteiger partial charge in [0.2, 0.25) is 0 Å². The van der Waals surface area contributed by atoms with Crippen LogP contribution in [-0.2, 0) is 6.54 Å². The summed E-state index contributed by atoms with van der Waals surface area (Å²) in [7, 11) is 0. The van der Waals surface area contributed by atoms with E-state index in [9.17, 15) is 0 Å². The molecule has 0 atom stereocenters. The molecule has 0 unspecified atom stereocenters. The zero-order valence-electron chi connectivity index (χ0n) is 13.7. The fourth-order valence-corrected chi connectivity index (χ4v) is 3.82. The summed E-state index contributed by atoms with van der Waals surface area (Å²) in [4.78, 5) is 10.8. The van der Waals surface area contributed by atoms with Crippen LogP contribution in [0.25, 0.3) is 21.5 Å². The van der Waals surface area contributed by atoms with Crippen LogP contribution >= 0.6 is 22.9 Å². The molecule has 4 aromatic rings. The molecule has 25 heavy (non-hydrogen) atoms. The van der Waals surface area contributed by atoms with Crippen molar-refractivity contribution >= 4 is 39.0 Å². The fourth-order valence-electron chi connectivity index (χ4n) is 2.64. The highest BCUT2D eigenvalue weighted by Gasteiger charge is 2.11. The van der Waals surface area contributed by atoms with Gasteiger partial charge in [0, 0.05) is 16.5 Å². The van der Waals surface area contributed by atoms with Crippen LogP contribution in [0.3, 0.4) is 0 Å². The number of fused-ring (bicyclic) bond motifs is 1. The van der Waals surface area contributed by atoms with E-state index in [1.807, 2.05) is 31.2 Å². The highest BCUT2D eigenvalue weighted by molar-refractivity contribution is 7.18. The lowest BCUT2D eigenvalue weighted by Crippen LogP contribution is -2.00. The van der Waals surface area contributed by atoms with Crippen LogP contribution in [0, 0.1) is 13.8 Å². The third-order valence-electron chi connectivity index (χ3n) is 3.84. The van der Waals surface area contributed by atoms with Crippen LogP contribution < -0.4 is 5.32 Å². The summed E-state index contributed by atoms with van der Waals surface area (Å²) >= 11 is 7.95. The maximum absolute atomic E-state index is 6.30.